The van der Waals surface area contributed by atoms with E-state index in [4.69, 9.17) is 9.47 Å². The van der Waals surface area contributed by atoms with E-state index >= 15 is 0 Å². The Kier molecular flexibility index (Phi) is 8.85. The van der Waals surface area contributed by atoms with Gasteiger partial charge in [0, 0.05) is 29.6 Å². The van der Waals surface area contributed by atoms with Gasteiger partial charge in [-0.05, 0) is 67.3 Å². The number of carbonyl (C=O) groups excluding carboxylic acids is 2. The number of thiophene rings is 1. The second-order valence-electron chi connectivity index (χ2n) is 9.97. The van der Waals surface area contributed by atoms with E-state index in [9.17, 15) is 14.9 Å². The molecule has 200 valence electrons. The number of nitrogens with one attached hydrogen (secondary N) is 1. The molecule has 2 unspecified atom stereocenters. The maximum Gasteiger partial charge on any atom is 0.407 e. The van der Waals surface area contributed by atoms with Crippen molar-refractivity contribution in [2.75, 3.05) is 13.7 Å². The van der Waals surface area contributed by atoms with Crippen LogP contribution in [0.1, 0.15) is 63.5 Å². The molecule has 1 aliphatic carbocycles. The molecule has 9 heteroatoms. The predicted octanol–water partition coefficient (Wildman–Crippen LogP) is 5.01. The van der Waals surface area contributed by atoms with Crippen LogP contribution in [-0.4, -0.2) is 35.4 Å². The molecular weight excluding hydrogens is 500 g/mol. The van der Waals surface area contributed by atoms with Crippen molar-refractivity contribution in [3.05, 3.63) is 68.2 Å². The Morgan fingerprint density at radius 3 is 2.87 bits per heavy atom. The number of hydrogen-bond donors (Lipinski definition) is 1. The van der Waals surface area contributed by atoms with Crippen LogP contribution in [0.4, 0.5) is 4.79 Å². The Bertz CT molecular complexity index is 1350. The lowest BCUT2D eigenvalue weighted by Gasteiger charge is -2.22. The van der Waals surface area contributed by atoms with Gasteiger partial charge < -0.3 is 14.8 Å². The number of nitrogens with zero attached hydrogens (tertiary/aromatic N) is 3. The molecule has 8 nitrogen and oxygen atoms in total. The Morgan fingerprint density at radius 2 is 2.16 bits per heavy atom. The van der Waals surface area contributed by atoms with Crippen LogP contribution < -0.4 is 10.1 Å². The second-order valence-corrected chi connectivity index (χ2v) is 11.2. The lowest BCUT2D eigenvalue weighted by atomic mass is 9.87. The second kappa shape index (κ2) is 12.3. The molecule has 2 aromatic heterocycles. The molecule has 3 aromatic rings. The Hall–Kier alpha value is -3.64. The summed E-state index contributed by atoms with van der Waals surface area (Å²) < 4.78 is 12.5. The van der Waals surface area contributed by atoms with E-state index in [1.165, 1.54) is 0 Å². The summed E-state index contributed by atoms with van der Waals surface area (Å²) in [6.07, 6.45) is 2.57. The highest BCUT2D eigenvalue weighted by Gasteiger charge is 2.27. The number of benzene rings is 1. The highest BCUT2D eigenvalue weighted by molar-refractivity contribution is 7.12. The van der Waals surface area contributed by atoms with Crippen molar-refractivity contribution in [3.63, 3.8) is 0 Å². The van der Waals surface area contributed by atoms with Crippen LogP contribution >= 0.6 is 11.3 Å². The van der Waals surface area contributed by atoms with Crippen LogP contribution in [0, 0.1) is 24.2 Å². The molecule has 1 aromatic carbocycles. The smallest absolute Gasteiger partial charge is 0.407 e. The van der Waals surface area contributed by atoms with Gasteiger partial charge >= 0.3 is 6.09 Å². The van der Waals surface area contributed by atoms with Gasteiger partial charge in [-0.25, -0.2) is 4.79 Å². The summed E-state index contributed by atoms with van der Waals surface area (Å²) in [7, 11) is 3.47. The van der Waals surface area contributed by atoms with Crippen molar-refractivity contribution >= 4 is 23.2 Å². The molecule has 1 amide bonds. The number of methoxy groups -OCH3 is 1. The normalized spacial score (nSPS) is 15.3. The number of nitriles is 1. The first-order chi connectivity index (χ1) is 18.3. The number of alkyl carbamates (subject to hydrolysis) is 1. The lowest BCUT2D eigenvalue weighted by Crippen LogP contribution is -2.28. The number of carbonyl (C=O) groups is 2. The number of rotatable bonds is 10. The fourth-order valence-corrected chi connectivity index (χ4v) is 6.45. The highest BCUT2D eigenvalue weighted by atomic mass is 32.1. The Morgan fingerprint density at radius 1 is 1.34 bits per heavy atom. The maximum atomic E-state index is 13.0. The summed E-state index contributed by atoms with van der Waals surface area (Å²) in [5.41, 5.74) is 4.59. The number of Topliss-reactive ketones (excluding diaryl/α,β-unsaturated/α-hetero) is 1. The van der Waals surface area contributed by atoms with Crippen molar-refractivity contribution in [1.29, 1.82) is 5.26 Å². The number of ketones is 1. The molecule has 1 N–H and O–H groups in total. The molecule has 0 saturated heterocycles. The number of aromatic nitrogens is 2. The minimum atomic E-state index is -0.449. The van der Waals surface area contributed by atoms with E-state index in [0.717, 1.165) is 57.3 Å². The maximum absolute atomic E-state index is 13.0. The van der Waals surface area contributed by atoms with Crippen LogP contribution in [0.5, 0.6) is 5.75 Å². The first-order valence-electron chi connectivity index (χ1n) is 12.9. The third-order valence-corrected chi connectivity index (χ3v) is 8.32. The third-order valence-electron chi connectivity index (χ3n) is 7.07. The number of aryl methyl sites for hydroxylation is 2. The Labute approximate surface area is 227 Å². The SMILES string of the molecule is COc1cccc(C(C)CC(=O)Cc2sc3c(c2C#N)CCC(COC(=O)NCc2cc(C)nn2C)C3)c1. The van der Waals surface area contributed by atoms with E-state index in [0.29, 0.717) is 25.1 Å². The van der Waals surface area contributed by atoms with Gasteiger partial charge in [-0.3, -0.25) is 9.48 Å². The monoisotopic (exact) mass is 534 g/mol. The molecule has 0 aliphatic heterocycles. The third kappa shape index (κ3) is 6.62. The molecule has 2 heterocycles. The van der Waals surface area contributed by atoms with Crippen LogP contribution in [0.3, 0.4) is 0 Å². The molecule has 2 atom stereocenters. The van der Waals surface area contributed by atoms with Gasteiger partial charge in [0.05, 0.1) is 37.2 Å². The summed E-state index contributed by atoms with van der Waals surface area (Å²) >= 11 is 1.56. The lowest BCUT2D eigenvalue weighted by molar-refractivity contribution is -0.118. The number of ether oxygens (including phenoxy) is 2. The topological polar surface area (TPSA) is 106 Å². The van der Waals surface area contributed by atoms with Crippen molar-refractivity contribution in [3.8, 4) is 11.8 Å². The van der Waals surface area contributed by atoms with Gasteiger partial charge in [0.25, 0.3) is 0 Å². The average molecular weight is 535 g/mol. The molecule has 0 saturated carbocycles. The van der Waals surface area contributed by atoms with Crippen LogP contribution in [-0.2, 0) is 42.4 Å². The van der Waals surface area contributed by atoms with Gasteiger partial charge in [-0.1, -0.05) is 19.1 Å². The largest absolute Gasteiger partial charge is 0.497 e. The zero-order valence-electron chi connectivity index (χ0n) is 22.4. The van der Waals surface area contributed by atoms with Crippen molar-refractivity contribution in [2.24, 2.45) is 13.0 Å². The van der Waals surface area contributed by atoms with Crippen molar-refractivity contribution < 1.29 is 19.1 Å². The summed E-state index contributed by atoms with van der Waals surface area (Å²) in [5, 5.41) is 16.9. The highest BCUT2D eigenvalue weighted by Crippen LogP contribution is 2.37. The van der Waals surface area contributed by atoms with E-state index in [1.807, 2.05) is 51.2 Å². The van der Waals surface area contributed by atoms with Crippen LogP contribution in [0.15, 0.2) is 30.3 Å². The fourth-order valence-electron chi connectivity index (χ4n) is 5.00. The van der Waals surface area contributed by atoms with Gasteiger partial charge in [0.15, 0.2) is 0 Å². The first-order valence-corrected chi connectivity index (χ1v) is 13.7. The summed E-state index contributed by atoms with van der Waals surface area (Å²) in [6.45, 7) is 4.62. The average Bonchev–Trinajstić information content (AvgIpc) is 3.42. The number of hydrogen-bond acceptors (Lipinski definition) is 7. The minimum Gasteiger partial charge on any atom is -0.497 e. The summed E-state index contributed by atoms with van der Waals surface area (Å²) in [5.74, 6) is 1.15. The van der Waals surface area contributed by atoms with Gasteiger partial charge in [0.1, 0.15) is 17.6 Å². The van der Waals surface area contributed by atoms with Crippen molar-refractivity contribution in [2.45, 2.75) is 58.4 Å². The zero-order chi connectivity index (χ0) is 27.2. The summed E-state index contributed by atoms with van der Waals surface area (Å²) in [4.78, 5) is 27.2. The molecule has 1 aliphatic rings. The quantitative estimate of drug-likeness (QED) is 0.392. The van der Waals surface area contributed by atoms with Gasteiger partial charge in [-0.15, -0.1) is 11.3 Å². The predicted molar refractivity (Wildman–Crippen MR) is 145 cm³/mol. The molecule has 0 radical (unpaired) electrons. The van der Waals surface area contributed by atoms with Gasteiger partial charge in [0.2, 0.25) is 0 Å². The number of amides is 1. The van der Waals surface area contributed by atoms with Crippen LogP contribution in [0.25, 0.3) is 0 Å². The molecule has 0 bridgehead atoms. The molecular formula is C29H34N4O4S. The standard InChI is InChI=1S/C29H34N4O4S/c1-18(21-6-5-7-24(13-21)36-4)10-23(34)14-28-26(15-30)25-9-8-20(12-27(25)38-28)17-37-29(35)31-16-22-11-19(2)32-33(22)3/h5-7,11,13,18,20H,8-10,12,14,16-17H2,1-4H3,(H,31,35). The van der Waals surface area contributed by atoms with E-state index in [1.54, 1.807) is 23.1 Å². The molecule has 0 fully saturated rings. The van der Waals surface area contributed by atoms with E-state index in [2.05, 4.69) is 16.5 Å². The molecule has 4 rings (SSSR count). The van der Waals surface area contributed by atoms with E-state index in [-0.39, 0.29) is 24.0 Å². The number of fused-ring (bicyclic) bond motifs is 1. The minimum absolute atomic E-state index is 0.0623. The van der Waals surface area contributed by atoms with Gasteiger partial charge in [-0.2, -0.15) is 10.4 Å². The first kappa shape index (κ1) is 27.4. The van der Waals surface area contributed by atoms with E-state index < -0.39 is 6.09 Å². The van der Waals surface area contributed by atoms with Crippen molar-refractivity contribution in [1.82, 2.24) is 15.1 Å². The van der Waals surface area contributed by atoms with Crippen LogP contribution in [0.2, 0.25) is 0 Å². The zero-order valence-corrected chi connectivity index (χ0v) is 23.2. The molecule has 0 spiro atoms. The Balaban J connectivity index is 1.31. The summed E-state index contributed by atoms with van der Waals surface area (Å²) in [6, 6.07) is 12.1. The molecule has 38 heavy (non-hydrogen) atoms. The fraction of sp³-hybridized carbons (Fsp3) is 0.448.